The van der Waals surface area contributed by atoms with E-state index in [4.69, 9.17) is 4.74 Å². The van der Waals surface area contributed by atoms with Gasteiger partial charge in [-0.05, 0) is 16.7 Å². The van der Waals surface area contributed by atoms with Crippen molar-refractivity contribution >= 4 is 5.96 Å². The number of aliphatic imine (C=N–C) groups is 1. The van der Waals surface area contributed by atoms with Crippen molar-refractivity contribution in [3.63, 3.8) is 0 Å². The van der Waals surface area contributed by atoms with E-state index in [1.165, 1.54) is 16.7 Å². The van der Waals surface area contributed by atoms with Crippen LogP contribution >= 0.6 is 0 Å². The van der Waals surface area contributed by atoms with Gasteiger partial charge in [-0.3, -0.25) is 9.89 Å². The molecule has 0 radical (unpaired) electrons. The molecule has 0 saturated carbocycles. The Bertz CT molecular complexity index is 724. The first-order chi connectivity index (χ1) is 13.3. The van der Waals surface area contributed by atoms with Crippen molar-refractivity contribution in [1.29, 1.82) is 0 Å². The number of hydrogen-bond donors (Lipinski definition) is 1. The van der Waals surface area contributed by atoms with Gasteiger partial charge in [0.05, 0.1) is 6.61 Å². The quantitative estimate of drug-likeness (QED) is 0.630. The van der Waals surface area contributed by atoms with Gasteiger partial charge in [0, 0.05) is 53.4 Å². The maximum absolute atomic E-state index is 5.22. The zero-order valence-corrected chi connectivity index (χ0v) is 16.4. The molecule has 1 aliphatic heterocycles. The highest BCUT2D eigenvalue weighted by Gasteiger charge is 2.19. The SMILES string of the molecule is CN=C(NCc1cccc(COC)c1)N1CCN(Cc2ccccc2)CC1. The molecule has 144 valence electrons. The third-order valence-corrected chi connectivity index (χ3v) is 4.89. The summed E-state index contributed by atoms with van der Waals surface area (Å²) in [5, 5.41) is 3.51. The Morgan fingerprint density at radius 2 is 1.67 bits per heavy atom. The summed E-state index contributed by atoms with van der Waals surface area (Å²) in [6, 6.07) is 19.2. The molecule has 1 saturated heterocycles. The van der Waals surface area contributed by atoms with E-state index in [9.17, 15) is 0 Å². The van der Waals surface area contributed by atoms with Crippen molar-refractivity contribution < 1.29 is 4.74 Å². The number of hydrogen-bond acceptors (Lipinski definition) is 3. The van der Waals surface area contributed by atoms with Crippen molar-refractivity contribution in [2.45, 2.75) is 19.7 Å². The lowest BCUT2D eigenvalue weighted by molar-refractivity contribution is 0.172. The molecule has 0 atom stereocenters. The number of benzene rings is 2. The van der Waals surface area contributed by atoms with Crippen LogP contribution in [0.15, 0.2) is 59.6 Å². The Morgan fingerprint density at radius 3 is 2.37 bits per heavy atom. The molecular formula is C22H30N4O. The van der Waals surface area contributed by atoms with E-state index in [1.807, 2.05) is 7.05 Å². The number of methoxy groups -OCH3 is 1. The fourth-order valence-corrected chi connectivity index (χ4v) is 3.47. The molecule has 0 bridgehead atoms. The average Bonchev–Trinajstić information content (AvgIpc) is 2.71. The lowest BCUT2D eigenvalue weighted by atomic mass is 10.1. The minimum atomic E-state index is 0.645. The summed E-state index contributed by atoms with van der Waals surface area (Å²) < 4.78 is 5.22. The highest BCUT2D eigenvalue weighted by Crippen LogP contribution is 2.10. The molecular weight excluding hydrogens is 336 g/mol. The Balaban J connectivity index is 1.48. The molecule has 2 aromatic rings. The van der Waals surface area contributed by atoms with E-state index in [2.05, 4.69) is 74.7 Å². The molecule has 1 aliphatic rings. The van der Waals surface area contributed by atoms with Gasteiger partial charge in [0.25, 0.3) is 0 Å². The highest BCUT2D eigenvalue weighted by atomic mass is 16.5. The molecule has 0 unspecified atom stereocenters. The Kier molecular flexibility index (Phi) is 7.25. The number of nitrogens with zero attached hydrogens (tertiary/aromatic N) is 3. The second-order valence-corrected chi connectivity index (χ2v) is 6.90. The summed E-state index contributed by atoms with van der Waals surface area (Å²) in [7, 11) is 3.59. The highest BCUT2D eigenvalue weighted by molar-refractivity contribution is 5.80. The Morgan fingerprint density at radius 1 is 0.963 bits per heavy atom. The van der Waals surface area contributed by atoms with Crippen molar-refractivity contribution in [3.8, 4) is 0 Å². The van der Waals surface area contributed by atoms with Crippen LogP contribution in [-0.2, 0) is 24.4 Å². The predicted octanol–water partition coefficient (Wildman–Crippen LogP) is 2.73. The first kappa shape index (κ1) is 19.4. The summed E-state index contributed by atoms with van der Waals surface area (Å²) in [6.45, 7) is 6.54. The minimum Gasteiger partial charge on any atom is -0.380 e. The summed E-state index contributed by atoms with van der Waals surface area (Å²) in [6.07, 6.45) is 0. The summed E-state index contributed by atoms with van der Waals surface area (Å²) >= 11 is 0. The molecule has 0 amide bonds. The largest absolute Gasteiger partial charge is 0.380 e. The first-order valence-electron chi connectivity index (χ1n) is 9.57. The van der Waals surface area contributed by atoms with Crippen LogP contribution in [0.25, 0.3) is 0 Å². The van der Waals surface area contributed by atoms with Crippen molar-refractivity contribution in [3.05, 3.63) is 71.3 Å². The van der Waals surface area contributed by atoms with Crippen LogP contribution in [0.4, 0.5) is 0 Å². The number of rotatable bonds is 6. The van der Waals surface area contributed by atoms with Crippen LogP contribution in [0.2, 0.25) is 0 Å². The van der Waals surface area contributed by atoms with E-state index < -0.39 is 0 Å². The molecule has 1 heterocycles. The van der Waals surface area contributed by atoms with Gasteiger partial charge in [-0.15, -0.1) is 0 Å². The second kappa shape index (κ2) is 10.1. The smallest absolute Gasteiger partial charge is 0.194 e. The molecule has 2 aromatic carbocycles. The molecule has 0 aliphatic carbocycles. The normalized spacial score (nSPS) is 15.8. The third kappa shape index (κ3) is 5.81. The zero-order chi connectivity index (χ0) is 18.9. The zero-order valence-electron chi connectivity index (χ0n) is 16.4. The molecule has 5 nitrogen and oxygen atoms in total. The van der Waals surface area contributed by atoms with Crippen LogP contribution in [0.5, 0.6) is 0 Å². The minimum absolute atomic E-state index is 0.645. The van der Waals surface area contributed by atoms with Gasteiger partial charge in [0.15, 0.2) is 5.96 Å². The van der Waals surface area contributed by atoms with E-state index >= 15 is 0 Å². The van der Waals surface area contributed by atoms with E-state index in [0.29, 0.717) is 6.61 Å². The molecule has 5 heteroatoms. The Hall–Kier alpha value is -2.37. The van der Waals surface area contributed by atoms with Gasteiger partial charge in [0.1, 0.15) is 0 Å². The predicted molar refractivity (Wildman–Crippen MR) is 111 cm³/mol. The lowest BCUT2D eigenvalue weighted by Crippen LogP contribution is -2.52. The third-order valence-electron chi connectivity index (χ3n) is 4.89. The van der Waals surface area contributed by atoms with E-state index in [-0.39, 0.29) is 0 Å². The maximum atomic E-state index is 5.22. The van der Waals surface area contributed by atoms with E-state index in [0.717, 1.165) is 45.2 Å². The molecule has 0 spiro atoms. The van der Waals surface area contributed by atoms with Crippen LogP contribution in [-0.4, -0.2) is 56.1 Å². The van der Waals surface area contributed by atoms with Crippen molar-refractivity contribution in [1.82, 2.24) is 15.1 Å². The van der Waals surface area contributed by atoms with Crippen LogP contribution < -0.4 is 5.32 Å². The molecule has 1 fully saturated rings. The first-order valence-corrected chi connectivity index (χ1v) is 9.57. The van der Waals surface area contributed by atoms with Gasteiger partial charge in [-0.1, -0.05) is 54.6 Å². The van der Waals surface area contributed by atoms with Gasteiger partial charge >= 0.3 is 0 Å². The number of piperazine rings is 1. The number of ether oxygens (including phenoxy) is 1. The standard InChI is InChI=1S/C22H30N4O/c1-23-22(24-16-20-9-6-10-21(15-20)18-27-2)26-13-11-25(12-14-26)17-19-7-4-3-5-8-19/h3-10,15H,11-14,16-18H2,1-2H3,(H,23,24). The van der Waals surface area contributed by atoms with Gasteiger partial charge < -0.3 is 15.0 Å². The van der Waals surface area contributed by atoms with Gasteiger partial charge in [0.2, 0.25) is 0 Å². The number of guanidine groups is 1. The fraction of sp³-hybridized carbons (Fsp3) is 0.409. The van der Waals surface area contributed by atoms with Crippen LogP contribution in [0, 0.1) is 0 Å². The summed E-state index contributed by atoms with van der Waals surface area (Å²) in [5.41, 5.74) is 3.82. The Labute approximate surface area is 162 Å². The van der Waals surface area contributed by atoms with Crippen molar-refractivity contribution in [2.75, 3.05) is 40.3 Å². The summed E-state index contributed by atoms with van der Waals surface area (Å²) in [4.78, 5) is 9.34. The van der Waals surface area contributed by atoms with E-state index in [1.54, 1.807) is 7.11 Å². The second-order valence-electron chi connectivity index (χ2n) is 6.90. The number of nitrogens with one attached hydrogen (secondary N) is 1. The fourth-order valence-electron chi connectivity index (χ4n) is 3.47. The van der Waals surface area contributed by atoms with Crippen molar-refractivity contribution in [2.24, 2.45) is 4.99 Å². The van der Waals surface area contributed by atoms with Crippen LogP contribution in [0.3, 0.4) is 0 Å². The molecule has 27 heavy (non-hydrogen) atoms. The maximum Gasteiger partial charge on any atom is 0.194 e. The monoisotopic (exact) mass is 366 g/mol. The summed E-state index contributed by atoms with van der Waals surface area (Å²) in [5.74, 6) is 0.978. The van der Waals surface area contributed by atoms with Gasteiger partial charge in [-0.25, -0.2) is 0 Å². The van der Waals surface area contributed by atoms with Crippen LogP contribution in [0.1, 0.15) is 16.7 Å². The lowest BCUT2D eigenvalue weighted by Gasteiger charge is -2.36. The molecule has 3 rings (SSSR count). The average molecular weight is 367 g/mol. The molecule has 1 N–H and O–H groups in total. The topological polar surface area (TPSA) is 40.1 Å². The van der Waals surface area contributed by atoms with Gasteiger partial charge in [-0.2, -0.15) is 0 Å². The molecule has 0 aromatic heterocycles.